The summed E-state index contributed by atoms with van der Waals surface area (Å²) in [4.78, 5) is 26.0. The number of rotatable bonds is 6. The molecule has 2 aromatic rings. The van der Waals surface area contributed by atoms with Crippen LogP contribution in [-0.4, -0.2) is 36.1 Å². The van der Waals surface area contributed by atoms with Crippen LogP contribution in [0.15, 0.2) is 51.8 Å². The van der Waals surface area contributed by atoms with Gasteiger partial charge in [-0.15, -0.1) is 11.8 Å². The average molecular weight is 425 g/mol. The fourth-order valence-electron chi connectivity index (χ4n) is 2.07. The highest BCUT2D eigenvalue weighted by molar-refractivity contribution is 9.10. The largest absolute Gasteiger partial charge is 0.336 e. The van der Waals surface area contributed by atoms with Crippen molar-refractivity contribution < 1.29 is 14.0 Å². The summed E-state index contributed by atoms with van der Waals surface area (Å²) in [5, 5.41) is 2.79. The minimum Gasteiger partial charge on any atom is -0.336 e. The molecule has 0 aromatic heterocycles. The molecule has 2 rings (SSSR count). The van der Waals surface area contributed by atoms with Crippen molar-refractivity contribution in [3.05, 3.63) is 58.3 Å². The van der Waals surface area contributed by atoms with Gasteiger partial charge in [0, 0.05) is 22.1 Å². The summed E-state index contributed by atoms with van der Waals surface area (Å²) in [6.07, 6.45) is 0. The number of hydrogen-bond donors (Lipinski definition) is 1. The monoisotopic (exact) mass is 424 g/mol. The molecule has 7 heteroatoms. The lowest BCUT2D eigenvalue weighted by molar-refractivity contribution is -0.131. The first kappa shape index (κ1) is 19.5. The van der Waals surface area contributed by atoms with Crippen LogP contribution in [-0.2, 0) is 9.59 Å². The summed E-state index contributed by atoms with van der Waals surface area (Å²) < 4.78 is 14.5. The maximum Gasteiger partial charge on any atom is 0.243 e. The molecule has 0 unspecified atom stereocenters. The second-order valence-corrected chi connectivity index (χ2v) is 7.41. The molecule has 2 aromatic carbocycles. The van der Waals surface area contributed by atoms with Crippen LogP contribution in [0.5, 0.6) is 0 Å². The summed E-state index contributed by atoms with van der Waals surface area (Å²) in [6, 6.07) is 11.8. The Kier molecular flexibility index (Phi) is 7.01. The molecule has 132 valence electrons. The quantitative estimate of drug-likeness (QED) is 0.710. The van der Waals surface area contributed by atoms with Gasteiger partial charge in [0.2, 0.25) is 11.8 Å². The van der Waals surface area contributed by atoms with Gasteiger partial charge in [0.1, 0.15) is 5.82 Å². The van der Waals surface area contributed by atoms with Crippen molar-refractivity contribution >= 4 is 45.2 Å². The van der Waals surface area contributed by atoms with Crippen LogP contribution < -0.4 is 5.32 Å². The maximum absolute atomic E-state index is 13.5. The van der Waals surface area contributed by atoms with E-state index in [9.17, 15) is 14.0 Å². The number of likely N-dealkylation sites (N-methyl/N-ethyl adjacent to an activating group) is 1. The third-order valence-electron chi connectivity index (χ3n) is 3.46. The van der Waals surface area contributed by atoms with Crippen molar-refractivity contribution in [1.82, 2.24) is 4.90 Å². The van der Waals surface area contributed by atoms with Gasteiger partial charge in [-0.2, -0.15) is 0 Å². The second kappa shape index (κ2) is 9.01. The van der Waals surface area contributed by atoms with Crippen LogP contribution in [0.4, 0.5) is 10.1 Å². The average Bonchev–Trinajstić information content (AvgIpc) is 2.56. The molecule has 1 N–H and O–H groups in total. The van der Waals surface area contributed by atoms with Gasteiger partial charge >= 0.3 is 0 Å². The Morgan fingerprint density at radius 2 is 1.96 bits per heavy atom. The number of carbonyl (C=O) groups excluding carboxylic acids is 2. The third kappa shape index (κ3) is 5.86. The van der Waals surface area contributed by atoms with E-state index in [1.165, 1.54) is 11.0 Å². The first-order chi connectivity index (χ1) is 11.9. The highest BCUT2D eigenvalue weighted by atomic mass is 79.9. The number of halogens is 2. The van der Waals surface area contributed by atoms with E-state index in [0.29, 0.717) is 10.6 Å². The van der Waals surface area contributed by atoms with E-state index in [-0.39, 0.29) is 29.9 Å². The molecule has 0 aliphatic rings. The molecule has 0 saturated carbocycles. The highest BCUT2D eigenvalue weighted by Gasteiger charge is 2.15. The SMILES string of the molecule is Cc1cc(Br)ccc1NC(=O)CN(C)C(=O)CSc1ccccc1F. The van der Waals surface area contributed by atoms with Crippen LogP contribution >= 0.6 is 27.7 Å². The number of aryl methyl sites for hydroxylation is 1. The summed E-state index contributed by atoms with van der Waals surface area (Å²) in [5.41, 5.74) is 1.63. The fourth-order valence-corrected chi connectivity index (χ4v) is 3.43. The molecule has 0 bridgehead atoms. The molecule has 0 atom stereocenters. The zero-order chi connectivity index (χ0) is 18.4. The number of nitrogens with one attached hydrogen (secondary N) is 1. The Hall–Kier alpha value is -1.86. The second-order valence-electron chi connectivity index (χ2n) is 5.48. The maximum atomic E-state index is 13.5. The van der Waals surface area contributed by atoms with Crippen LogP contribution in [0.25, 0.3) is 0 Å². The highest BCUT2D eigenvalue weighted by Crippen LogP contribution is 2.22. The molecule has 0 heterocycles. The Balaban J connectivity index is 1.85. The number of hydrogen-bond acceptors (Lipinski definition) is 3. The third-order valence-corrected chi connectivity index (χ3v) is 4.98. The van der Waals surface area contributed by atoms with Crippen molar-refractivity contribution in [2.45, 2.75) is 11.8 Å². The van der Waals surface area contributed by atoms with Gasteiger partial charge in [0.15, 0.2) is 0 Å². The molecular formula is C18H18BrFN2O2S. The standard InChI is InChI=1S/C18H18BrFN2O2S/c1-12-9-13(19)7-8-15(12)21-17(23)10-22(2)18(24)11-25-16-6-4-3-5-14(16)20/h3-9H,10-11H2,1-2H3,(H,21,23). The first-order valence-corrected chi connectivity index (χ1v) is 9.32. The van der Waals surface area contributed by atoms with Crippen molar-refractivity contribution in [2.24, 2.45) is 0 Å². The number of carbonyl (C=O) groups is 2. The van der Waals surface area contributed by atoms with E-state index in [1.54, 1.807) is 31.3 Å². The molecule has 0 saturated heterocycles. The summed E-state index contributed by atoms with van der Waals surface area (Å²) in [7, 11) is 1.55. The molecule has 25 heavy (non-hydrogen) atoms. The van der Waals surface area contributed by atoms with E-state index in [0.717, 1.165) is 21.8 Å². The van der Waals surface area contributed by atoms with Crippen molar-refractivity contribution in [3.63, 3.8) is 0 Å². The number of thioether (sulfide) groups is 1. The predicted octanol–water partition coefficient (Wildman–Crippen LogP) is 4.09. The summed E-state index contributed by atoms with van der Waals surface area (Å²) in [6.45, 7) is 1.83. The predicted molar refractivity (Wildman–Crippen MR) is 102 cm³/mol. The van der Waals surface area contributed by atoms with Gasteiger partial charge in [-0.25, -0.2) is 4.39 Å². The molecule has 0 spiro atoms. The normalized spacial score (nSPS) is 10.4. The molecular weight excluding hydrogens is 407 g/mol. The summed E-state index contributed by atoms with van der Waals surface area (Å²) >= 11 is 4.48. The number of nitrogens with zero attached hydrogens (tertiary/aromatic N) is 1. The van der Waals surface area contributed by atoms with Crippen LogP contribution in [0, 0.1) is 12.7 Å². The minimum atomic E-state index is -0.355. The van der Waals surface area contributed by atoms with Crippen LogP contribution in [0.3, 0.4) is 0 Å². The van der Waals surface area contributed by atoms with Crippen LogP contribution in [0.2, 0.25) is 0 Å². The van der Waals surface area contributed by atoms with E-state index in [4.69, 9.17) is 0 Å². The van der Waals surface area contributed by atoms with E-state index in [1.807, 2.05) is 19.1 Å². The number of amides is 2. The van der Waals surface area contributed by atoms with Gasteiger partial charge in [0.25, 0.3) is 0 Å². The summed E-state index contributed by atoms with van der Waals surface area (Å²) in [5.74, 6) is -0.804. The Morgan fingerprint density at radius 1 is 1.24 bits per heavy atom. The van der Waals surface area contributed by atoms with Gasteiger partial charge < -0.3 is 10.2 Å². The van der Waals surface area contributed by atoms with Crippen molar-refractivity contribution in [2.75, 3.05) is 24.7 Å². The molecule has 0 radical (unpaired) electrons. The lowest BCUT2D eigenvalue weighted by Gasteiger charge is -2.17. The van der Waals surface area contributed by atoms with Gasteiger partial charge in [-0.05, 0) is 42.8 Å². The Morgan fingerprint density at radius 3 is 2.64 bits per heavy atom. The zero-order valence-electron chi connectivity index (χ0n) is 13.9. The number of anilines is 1. The molecule has 4 nitrogen and oxygen atoms in total. The van der Waals surface area contributed by atoms with Gasteiger partial charge in [0.05, 0.1) is 12.3 Å². The minimum absolute atomic E-state index is 0.0633. The van der Waals surface area contributed by atoms with Crippen LogP contribution in [0.1, 0.15) is 5.56 Å². The lowest BCUT2D eigenvalue weighted by atomic mass is 10.2. The fraction of sp³-hybridized carbons (Fsp3) is 0.222. The lowest BCUT2D eigenvalue weighted by Crippen LogP contribution is -2.36. The Bertz CT molecular complexity index is 785. The zero-order valence-corrected chi connectivity index (χ0v) is 16.3. The van der Waals surface area contributed by atoms with Crippen molar-refractivity contribution in [1.29, 1.82) is 0 Å². The Labute approximate surface area is 158 Å². The van der Waals surface area contributed by atoms with E-state index >= 15 is 0 Å². The van der Waals surface area contributed by atoms with Gasteiger partial charge in [-0.1, -0.05) is 28.1 Å². The van der Waals surface area contributed by atoms with E-state index < -0.39 is 0 Å². The smallest absolute Gasteiger partial charge is 0.243 e. The van der Waals surface area contributed by atoms with Crippen molar-refractivity contribution in [3.8, 4) is 0 Å². The molecule has 0 aliphatic carbocycles. The molecule has 0 fully saturated rings. The molecule has 2 amide bonds. The number of benzene rings is 2. The molecule has 0 aliphatic heterocycles. The topological polar surface area (TPSA) is 49.4 Å². The van der Waals surface area contributed by atoms with Gasteiger partial charge in [-0.3, -0.25) is 9.59 Å². The first-order valence-electron chi connectivity index (χ1n) is 7.54. The van der Waals surface area contributed by atoms with E-state index in [2.05, 4.69) is 21.2 Å².